The van der Waals surface area contributed by atoms with Crippen LogP contribution in [0.3, 0.4) is 0 Å². The third-order valence-electron chi connectivity index (χ3n) is 1.94. The smallest absolute Gasteiger partial charge is 0.240 e. The molecule has 0 aromatic rings. The van der Waals surface area contributed by atoms with Crippen LogP contribution in [0.4, 0.5) is 0 Å². The molecule has 72 valence electrons. The number of nitriles is 1. The van der Waals surface area contributed by atoms with Crippen molar-refractivity contribution in [1.82, 2.24) is 10.6 Å². The van der Waals surface area contributed by atoms with E-state index in [1.54, 1.807) is 0 Å². The summed E-state index contributed by atoms with van der Waals surface area (Å²) in [6, 6.07) is 1.52. The Morgan fingerprint density at radius 3 is 3.23 bits per heavy atom. The summed E-state index contributed by atoms with van der Waals surface area (Å²) in [6.07, 6.45) is -0.132. The van der Waals surface area contributed by atoms with Crippen LogP contribution in [0, 0.1) is 11.3 Å². The fourth-order valence-corrected chi connectivity index (χ4v) is 1.26. The number of ether oxygens (including phenoxy) is 1. The Labute approximate surface area is 77.1 Å². The number of hydrogen-bond donors (Lipinski definition) is 2. The number of nitrogens with one attached hydrogen (secondary N) is 2. The predicted molar refractivity (Wildman–Crippen MR) is 45.8 cm³/mol. The van der Waals surface area contributed by atoms with Crippen molar-refractivity contribution in [2.24, 2.45) is 0 Å². The highest BCUT2D eigenvalue weighted by atomic mass is 16.5. The lowest BCUT2D eigenvalue weighted by molar-refractivity contribution is -0.128. The van der Waals surface area contributed by atoms with Crippen LogP contribution in [0.2, 0.25) is 0 Å². The van der Waals surface area contributed by atoms with Crippen LogP contribution in [0.15, 0.2) is 0 Å². The molecule has 0 radical (unpaired) electrons. The van der Waals surface area contributed by atoms with Crippen LogP contribution in [0.1, 0.15) is 6.92 Å². The molecule has 2 unspecified atom stereocenters. The van der Waals surface area contributed by atoms with E-state index in [0.717, 1.165) is 0 Å². The molecular weight excluding hydrogens is 170 g/mol. The summed E-state index contributed by atoms with van der Waals surface area (Å²) in [6.45, 7) is 3.19. The molecule has 13 heavy (non-hydrogen) atoms. The summed E-state index contributed by atoms with van der Waals surface area (Å²) in [4.78, 5) is 11.4. The molecule has 1 rings (SSSR count). The van der Waals surface area contributed by atoms with E-state index in [1.807, 2.05) is 13.0 Å². The van der Waals surface area contributed by atoms with Gasteiger partial charge in [-0.2, -0.15) is 5.26 Å². The molecule has 0 saturated carbocycles. The molecule has 5 nitrogen and oxygen atoms in total. The fourth-order valence-electron chi connectivity index (χ4n) is 1.26. The first-order valence-corrected chi connectivity index (χ1v) is 4.25. The van der Waals surface area contributed by atoms with Crippen LogP contribution in [-0.4, -0.2) is 37.7 Å². The summed E-state index contributed by atoms with van der Waals surface area (Å²) in [5, 5.41) is 13.8. The van der Waals surface area contributed by atoms with Crippen molar-refractivity contribution in [3.8, 4) is 6.07 Å². The zero-order valence-corrected chi connectivity index (χ0v) is 7.54. The highest BCUT2D eigenvalue weighted by molar-refractivity contribution is 5.82. The van der Waals surface area contributed by atoms with E-state index in [0.29, 0.717) is 13.2 Å². The molecule has 0 aliphatic carbocycles. The van der Waals surface area contributed by atoms with Crippen molar-refractivity contribution >= 4 is 5.91 Å². The molecule has 0 bridgehead atoms. The number of morpholine rings is 1. The maximum Gasteiger partial charge on any atom is 0.240 e. The summed E-state index contributed by atoms with van der Waals surface area (Å²) < 4.78 is 5.29. The van der Waals surface area contributed by atoms with E-state index >= 15 is 0 Å². The monoisotopic (exact) mass is 183 g/mol. The normalized spacial score (nSPS) is 27.7. The van der Waals surface area contributed by atoms with Gasteiger partial charge in [0, 0.05) is 6.54 Å². The first kappa shape index (κ1) is 9.96. The number of hydrogen-bond acceptors (Lipinski definition) is 4. The van der Waals surface area contributed by atoms with E-state index in [1.165, 1.54) is 0 Å². The second kappa shape index (κ2) is 4.80. The van der Waals surface area contributed by atoms with E-state index in [2.05, 4.69) is 10.6 Å². The minimum Gasteiger partial charge on any atom is -0.375 e. The van der Waals surface area contributed by atoms with Crippen LogP contribution >= 0.6 is 0 Å². The standard InChI is InChI=1S/C8H13N3O2/c1-6-7(10-4-5-13-6)8(12)11-3-2-9/h6-7,10H,3-5H2,1H3,(H,11,12). The molecule has 2 N–H and O–H groups in total. The van der Waals surface area contributed by atoms with E-state index < -0.39 is 0 Å². The Hall–Kier alpha value is -1.12. The molecule has 2 atom stereocenters. The lowest BCUT2D eigenvalue weighted by atomic mass is 10.1. The predicted octanol–water partition coefficient (Wildman–Crippen LogP) is -0.997. The number of carbonyl (C=O) groups is 1. The van der Waals surface area contributed by atoms with Crippen LogP contribution < -0.4 is 10.6 Å². The van der Waals surface area contributed by atoms with Gasteiger partial charge in [-0.05, 0) is 6.92 Å². The molecule has 0 aromatic heterocycles. The van der Waals surface area contributed by atoms with Crippen LogP contribution in [0.5, 0.6) is 0 Å². The number of carbonyl (C=O) groups excluding carboxylic acids is 1. The lowest BCUT2D eigenvalue weighted by Crippen LogP contribution is -2.55. The lowest BCUT2D eigenvalue weighted by Gasteiger charge is -2.28. The minimum atomic E-state index is -0.331. The maximum absolute atomic E-state index is 11.4. The van der Waals surface area contributed by atoms with Crippen LogP contribution in [0.25, 0.3) is 0 Å². The van der Waals surface area contributed by atoms with E-state index in [9.17, 15) is 4.79 Å². The summed E-state index contributed by atoms with van der Waals surface area (Å²) >= 11 is 0. The Kier molecular flexibility index (Phi) is 3.68. The van der Waals surface area contributed by atoms with Crippen molar-refractivity contribution in [3.05, 3.63) is 0 Å². The first-order valence-electron chi connectivity index (χ1n) is 4.25. The summed E-state index contributed by atoms with van der Waals surface area (Å²) in [7, 11) is 0. The maximum atomic E-state index is 11.4. The van der Waals surface area contributed by atoms with Gasteiger partial charge in [0.05, 0.1) is 18.8 Å². The van der Waals surface area contributed by atoms with E-state index in [-0.39, 0.29) is 24.6 Å². The average Bonchev–Trinajstić information content (AvgIpc) is 2.15. The quantitative estimate of drug-likeness (QED) is 0.539. The molecule has 1 fully saturated rings. The molecule has 1 aliphatic rings. The zero-order chi connectivity index (χ0) is 9.68. The van der Waals surface area contributed by atoms with Gasteiger partial charge in [0.2, 0.25) is 5.91 Å². The number of nitrogens with zero attached hydrogens (tertiary/aromatic N) is 1. The highest BCUT2D eigenvalue weighted by Gasteiger charge is 2.27. The largest absolute Gasteiger partial charge is 0.375 e. The molecule has 1 heterocycles. The van der Waals surface area contributed by atoms with Gasteiger partial charge in [-0.3, -0.25) is 4.79 Å². The van der Waals surface area contributed by atoms with Crippen LogP contribution in [-0.2, 0) is 9.53 Å². The Morgan fingerprint density at radius 2 is 2.62 bits per heavy atom. The zero-order valence-electron chi connectivity index (χ0n) is 7.54. The fraction of sp³-hybridized carbons (Fsp3) is 0.750. The van der Waals surface area contributed by atoms with Gasteiger partial charge >= 0.3 is 0 Å². The average molecular weight is 183 g/mol. The summed E-state index contributed by atoms with van der Waals surface area (Å²) in [5.74, 6) is -0.172. The number of rotatable bonds is 2. The van der Waals surface area contributed by atoms with Gasteiger partial charge in [0.25, 0.3) is 0 Å². The van der Waals surface area contributed by atoms with Crippen molar-refractivity contribution in [2.45, 2.75) is 19.1 Å². The molecule has 1 aliphatic heterocycles. The van der Waals surface area contributed by atoms with Gasteiger partial charge in [-0.1, -0.05) is 0 Å². The van der Waals surface area contributed by atoms with Crippen molar-refractivity contribution < 1.29 is 9.53 Å². The minimum absolute atomic E-state index is 0.0454. The van der Waals surface area contributed by atoms with Crippen molar-refractivity contribution in [1.29, 1.82) is 5.26 Å². The third kappa shape index (κ3) is 2.68. The van der Waals surface area contributed by atoms with Gasteiger partial charge in [-0.25, -0.2) is 0 Å². The third-order valence-corrected chi connectivity index (χ3v) is 1.94. The number of amides is 1. The first-order chi connectivity index (χ1) is 6.25. The topological polar surface area (TPSA) is 74.2 Å². The van der Waals surface area contributed by atoms with Crippen molar-refractivity contribution in [3.63, 3.8) is 0 Å². The Morgan fingerprint density at radius 1 is 1.85 bits per heavy atom. The molecule has 1 amide bonds. The second-order valence-electron chi connectivity index (χ2n) is 2.88. The molecule has 5 heteroatoms. The molecule has 0 spiro atoms. The second-order valence-corrected chi connectivity index (χ2v) is 2.88. The molecule has 1 saturated heterocycles. The Balaban J connectivity index is 2.40. The molecular formula is C8H13N3O2. The van der Waals surface area contributed by atoms with Gasteiger partial charge in [-0.15, -0.1) is 0 Å². The van der Waals surface area contributed by atoms with Crippen molar-refractivity contribution in [2.75, 3.05) is 19.7 Å². The van der Waals surface area contributed by atoms with E-state index in [4.69, 9.17) is 10.00 Å². The highest BCUT2D eigenvalue weighted by Crippen LogP contribution is 2.03. The Bertz CT molecular complexity index is 224. The SMILES string of the molecule is CC1OCCNC1C(=O)NCC#N. The van der Waals surface area contributed by atoms with Gasteiger partial charge in [0.15, 0.2) is 0 Å². The van der Waals surface area contributed by atoms with Gasteiger partial charge in [0.1, 0.15) is 12.6 Å². The summed E-state index contributed by atoms with van der Waals surface area (Å²) in [5.41, 5.74) is 0. The van der Waals surface area contributed by atoms with Gasteiger partial charge < -0.3 is 15.4 Å². The molecule has 0 aromatic carbocycles.